The molecule has 1 heterocycles. The summed E-state index contributed by atoms with van der Waals surface area (Å²) >= 11 is 0. The Morgan fingerprint density at radius 2 is 1.71 bits per heavy atom. The van der Waals surface area contributed by atoms with Crippen LogP contribution in [0.25, 0.3) is 0 Å². The molecule has 0 fully saturated rings. The lowest BCUT2D eigenvalue weighted by atomic mass is 10.2. The Bertz CT molecular complexity index is 991. The van der Waals surface area contributed by atoms with Crippen LogP contribution in [-0.4, -0.2) is 34.2 Å². The van der Waals surface area contributed by atoms with Crippen molar-refractivity contribution in [2.45, 2.75) is 6.92 Å². The quantitative estimate of drug-likeness (QED) is 0.560. The molecule has 0 atom stereocenters. The number of nitrogens with zero attached hydrogens (tertiary/aromatic N) is 3. The minimum absolute atomic E-state index is 0.153. The van der Waals surface area contributed by atoms with Crippen molar-refractivity contribution in [3.8, 4) is 0 Å². The van der Waals surface area contributed by atoms with Crippen LogP contribution in [0, 0.1) is 0 Å². The molecule has 0 aliphatic rings. The van der Waals surface area contributed by atoms with Gasteiger partial charge >= 0.3 is 5.97 Å². The Hall–Kier alpha value is -4.01. The molecular formula is C19H18N6O3. The first-order valence-electron chi connectivity index (χ1n) is 8.33. The van der Waals surface area contributed by atoms with Gasteiger partial charge in [-0.15, -0.1) is 5.10 Å². The summed E-state index contributed by atoms with van der Waals surface area (Å²) < 4.78 is 4.67. The minimum atomic E-state index is -0.400. The minimum Gasteiger partial charge on any atom is -0.465 e. The maximum atomic E-state index is 11.5. The molecule has 9 nitrogen and oxygen atoms in total. The highest BCUT2D eigenvalue weighted by Gasteiger charge is 2.06. The van der Waals surface area contributed by atoms with Crippen LogP contribution in [0.5, 0.6) is 0 Å². The number of aromatic nitrogens is 3. The Labute approximate surface area is 161 Å². The second kappa shape index (κ2) is 8.58. The van der Waals surface area contributed by atoms with Gasteiger partial charge in [-0.25, -0.2) is 4.79 Å². The highest BCUT2D eigenvalue weighted by molar-refractivity contribution is 5.90. The normalized spacial score (nSPS) is 10.1. The molecule has 0 unspecified atom stereocenters. The van der Waals surface area contributed by atoms with Crippen LogP contribution < -0.4 is 16.0 Å². The van der Waals surface area contributed by atoms with E-state index in [2.05, 4.69) is 35.9 Å². The van der Waals surface area contributed by atoms with E-state index < -0.39 is 5.97 Å². The number of ether oxygens (including phenoxy) is 1. The SMILES string of the molecule is COC(=O)c1ccc(Nc2cnnc(Nc3cccc(NC(C)=O)c3)n2)cc1. The smallest absolute Gasteiger partial charge is 0.337 e. The standard InChI is InChI=1S/C19H18N6O3/c1-12(26)21-15-4-3-5-16(10-15)23-19-24-17(11-20-25-19)22-14-8-6-13(7-9-14)18(27)28-2/h3-11H,1-2H3,(H,21,26)(H2,22,23,24,25). The van der Waals surface area contributed by atoms with E-state index in [1.165, 1.54) is 20.2 Å². The third kappa shape index (κ3) is 5.01. The van der Waals surface area contributed by atoms with E-state index in [9.17, 15) is 9.59 Å². The van der Waals surface area contributed by atoms with Gasteiger partial charge in [-0.05, 0) is 42.5 Å². The number of carbonyl (C=O) groups excluding carboxylic acids is 2. The second-order valence-electron chi connectivity index (χ2n) is 5.75. The molecule has 142 valence electrons. The fraction of sp³-hybridized carbons (Fsp3) is 0.105. The van der Waals surface area contributed by atoms with E-state index in [4.69, 9.17) is 0 Å². The summed E-state index contributed by atoms with van der Waals surface area (Å²) in [7, 11) is 1.33. The number of methoxy groups -OCH3 is 1. The van der Waals surface area contributed by atoms with Gasteiger partial charge in [0.05, 0.1) is 18.9 Å². The number of hydrogen-bond donors (Lipinski definition) is 3. The summed E-state index contributed by atoms with van der Waals surface area (Å²) in [6.07, 6.45) is 1.48. The van der Waals surface area contributed by atoms with Crippen molar-refractivity contribution in [2.24, 2.45) is 0 Å². The molecule has 2 aromatic carbocycles. The van der Waals surface area contributed by atoms with Crippen LogP contribution in [0.3, 0.4) is 0 Å². The molecule has 9 heteroatoms. The van der Waals surface area contributed by atoms with Crippen LogP contribution in [0.2, 0.25) is 0 Å². The fourth-order valence-electron chi connectivity index (χ4n) is 2.38. The number of carbonyl (C=O) groups is 2. The largest absolute Gasteiger partial charge is 0.465 e. The molecule has 3 N–H and O–H groups in total. The molecule has 0 spiro atoms. The number of benzene rings is 2. The van der Waals surface area contributed by atoms with E-state index in [1.54, 1.807) is 42.5 Å². The molecule has 0 bridgehead atoms. The molecule has 3 aromatic rings. The fourth-order valence-corrected chi connectivity index (χ4v) is 2.38. The van der Waals surface area contributed by atoms with Gasteiger partial charge in [0.2, 0.25) is 11.9 Å². The van der Waals surface area contributed by atoms with Crippen LogP contribution >= 0.6 is 0 Å². The summed E-state index contributed by atoms with van der Waals surface area (Å²) in [4.78, 5) is 27.0. The Morgan fingerprint density at radius 1 is 0.964 bits per heavy atom. The molecule has 0 aliphatic carbocycles. The summed E-state index contributed by atoms with van der Waals surface area (Å²) in [5.41, 5.74) is 2.54. The number of esters is 1. The van der Waals surface area contributed by atoms with Crippen LogP contribution in [0.15, 0.2) is 54.7 Å². The molecule has 28 heavy (non-hydrogen) atoms. The lowest BCUT2D eigenvalue weighted by Gasteiger charge is -2.09. The summed E-state index contributed by atoms with van der Waals surface area (Å²) in [6, 6.07) is 13.9. The number of nitrogens with one attached hydrogen (secondary N) is 3. The van der Waals surface area contributed by atoms with Gasteiger partial charge in [0.1, 0.15) is 0 Å². The Kier molecular flexibility index (Phi) is 5.75. The lowest BCUT2D eigenvalue weighted by molar-refractivity contribution is -0.114. The van der Waals surface area contributed by atoms with Crippen molar-refractivity contribution in [3.63, 3.8) is 0 Å². The van der Waals surface area contributed by atoms with Gasteiger partial charge in [-0.3, -0.25) is 4.79 Å². The van der Waals surface area contributed by atoms with Gasteiger partial charge in [0, 0.05) is 24.0 Å². The van der Waals surface area contributed by atoms with Crippen molar-refractivity contribution < 1.29 is 14.3 Å². The van der Waals surface area contributed by atoms with Gasteiger partial charge in [0.15, 0.2) is 5.82 Å². The summed E-state index contributed by atoms with van der Waals surface area (Å²) in [5, 5.41) is 16.7. The van der Waals surface area contributed by atoms with E-state index in [-0.39, 0.29) is 11.9 Å². The lowest BCUT2D eigenvalue weighted by Crippen LogP contribution is -2.06. The van der Waals surface area contributed by atoms with Crippen LogP contribution in [0.4, 0.5) is 28.8 Å². The molecule has 0 radical (unpaired) electrons. The van der Waals surface area contributed by atoms with Crippen molar-refractivity contribution >= 4 is 40.7 Å². The maximum absolute atomic E-state index is 11.5. The number of rotatable bonds is 6. The number of anilines is 5. The molecule has 0 saturated carbocycles. The first-order chi connectivity index (χ1) is 13.5. The monoisotopic (exact) mass is 378 g/mol. The first kappa shape index (κ1) is 18.8. The van der Waals surface area contributed by atoms with Crippen molar-refractivity contribution in [1.82, 2.24) is 15.2 Å². The van der Waals surface area contributed by atoms with Crippen molar-refractivity contribution in [3.05, 3.63) is 60.3 Å². The van der Waals surface area contributed by atoms with Crippen molar-refractivity contribution in [1.29, 1.82) is 0 Å². The zero-order valence-electron chi connectivity index (χ0n) is 15.3. The van der Waals surface area contributed by atoms with Gasteiger partial charge in [0.25, 0.3) is 0 Å². The molecule has 3 rings (SSSR count). The summed E-state index contributed by atoms with van der Waals surface area (Å²) in [5.74, 6) is 0.209. The highest BCUT2D eigenvalue weighted by Crippen LogP contribution is 2.20. The maximum Gasteiger partial charge on any atom is 0.337 e. The highest BCUT2D eigenvalue weighted by atomic mass is 16.5. The summed E-state index contributed by atoms with van der Waals surface area (Å²) in [6.45, 7) is 1.44. The van der Waals surface area contributed by atoms with E-state index >= 15 is 0 Å². The topological polar surface area (TPSA) is 118 Å². The van der Waals surface area contributed by atoms with Crippen LogP contribution in [0.1, 0.15) is 17.3 Å². The zero-order chi connectivity index (χ0) is 19.9. The predicted molar refractivity (Wildman–Crippen MR) is 105 cm³/mol. The first-order valence-corrected chi connectivity index (χ1v) is 8.33. The third-order valence-electron chi connectivity index (χ3n) is 3.58. The Morgan fingerprint density at radius 3 is 2.43 bits per heavy atom. The molecule has 1 aromatic heterocycles. The van der Waals surface area contributed by atoms with Gasteiger partial charge in [-0.1, -0.05) is 6.07 Å². The second-order valence-corrected chi connectivity index (χ2v) is 5.75. The molecule has 0 saturated heterocycles. The Balaban J connectivity index is 1.70. The van der Waals surface area contributed by atoms with E-state index in [1.807, 2.05) is 6.07 Å². The average molecular weight is 378 g/mol. The number of hydrogen-bond acceptors (Lipinski definition) is 8. The van der Waals surface area contributed by atoms with Crippen molar-refractivity contribution in [2.75, 3.05) is 23.1 Å². The van der Waals surface area contributed by atoms with E-state index in [0.717, 1.165) is 5.69 Å². The zero-order valence-corrected chi connectivity index (χ0v) is 15.3. The van der Waals surface area contributed by atoms with Crippen LogP contribution in [-0.2, 0) is 9.53 Å². The third-order valence-corrected chi connectivity index (χ3v) is 3.58. The molecule has 1 amide bonds. The predicted octanol–water partition coefficient (Wildman–Crippen LogP) is 3.10. The molecule has 0 aliphatic heterocycles. The molecular weight excluding hydrogens is 360 g/mol. The number of amides is 1. The van der Waals surface area contributed by atoms with Gasteiger partial charge < -0.3 is 20.7 Å². The van der Waals surface area contributed by atoms with E-state index in [0.29, 0.717) is 22.8 Å². The average Bonchev–Trinajstić information content (AvgIpc) is 2.68. The van der Waals surface area contributed by atoms with Gasteiger partial charge in [-0.2, -0.15) is 10.1 Å².